The van der Waals surface area contributed by atoms with E-state index in [4.69, 9.17) is 14.5 Å². The molecule has 188 valence electrons. The van der Waals surface area contributed by atoms with Crippen LogP contribution in [0.15, 0.2) is 97.1 Å². The van der Waals surface area contributed by atoms with Crippen molar-refractivity contribution in [1.82, 2.24) is 4.98 Å². The van der Waals surface area contributed by atoms with Crippen LogP contribution in [0, 0.1) is 5.92 Å². The molecule has 1 fully saturated rings. The normalized spacial score (nSPS) is 16.5. The minimum atomic E-state index is -0.709. The molecule has 1 heterocycles. The van der Waals surface area contributed by atoms with Crippen LogP contribution in [-0.4, -0.2) is 29.1 Å². The van der Waals surface area contributed by atoms with Crippen molar-refractivity contribution in [3.8, 4) is 22.9 Å². The van der Waals surface area contributed by atoms with Crippen molar-refractivity contribution in [1.29, 1.82) is 0 Å². The maximum atomic E-state index is 11.2. The third kappa shape index (κ3) is 5.92. The number of aromatic nitrogens is 1. The van der Waals surface area contributed by atoms with Gasteiger partial charge in [-0.2, -0.15) is 4.98 Å². The molecule has 0 bridgehead atoms. The van der Waals surface area contributed by atoms with Gasteiger partial charge in [0.25, 0.3) is 0 Å². The third-order valence-corrected chi connectivity index (χ3v) is 6.86. The van der Waals surface area contributed by atoms with Gasteiger partial charge in [-0.3, -0.25) is 4.79 Å². The van der Waals surface area contributed by atoms with Crippen LogP contribution in [0.3, 0.4) is 0 Å². The van der Waals surface area contributed by atoms with Crippen molar-refractivity contribution < 1.29 is 19.4 Å². The van der Waals surface area contributed by atoms with Crippen LogP contribution in [0.25, 0.3) is 11.1 Å². The fourth-order valence-corrected chi connectivity index (χ4v) is 4.50. The number of pyridine rings is 1. The molecule has 37 heavy (non-hydrogen) atoms. The summed E-state index contributed by atoms with van der Waals surface area (Å²) >= 11 is 0. The van der Waals surface area contributed by atoms with E-state index >= 15 is 0 Å². The van der Waals surface area contributed by atoms with Crippen LogP contribution < -0.4 is 14.4 Å². The zero-order chi connectivity index (χ0) is 25.6. The summed E-state index contributed by atoms with van der Waals surface area (Å²) in [7, 11) is 2.02. The van der Waals surface area contributed by atoms with Gasteiger partial charge in [-0.25, -0.2) is 0 Å². The highest BCUT2D eigenvalue weighted by Gasteiger charge is 2.36. The second-order valence-electron chi connectivity index (χ2n) is 9.37. The average Bonchev–Trinajstić information content (AvgIpc) is 2.91. The number of nitrogens with zero attached hydrogens (tertiary/aromatic N) is 2. The molecule has 1 aliphatic carbocycles. The number of aliphatic carboxylic acids is 1. The molecule has 4 aromatic rings. The Bertz CT molecular complexity index is 1340. The van der Waals surface area contributed by atoms with Gasteiger partial charge in [-0.1, -0.05) is 72.8 Å². The zero-order valence-electron chi connectivity index (χ0n) is 20.8. The number of carboxylic acids is 1. The van der Waals surface area contributed by atoms with Gasteiger partial charge in [0.05, 0.1) is 5.92 Å². The van der Waals surface area contributed by atoms with E-state index in [1.807, 2.05) is 98.0 Å². The minimum absolute atomic E-state index is 0.219. The monoisotopic (exact) mass is 494 g/mol. The summed E-state index contributed by atoms with van der Waals surface area (Å²) in [6.07, 6.45) is 1.33. The summed E-state index contributed by atoms with van der Waals surface area (Å²) in [6, 6.07) is 32.3. The van der Waals surface area contributed by atoms with E-state index in [0.29, 0.717) is 37.8 Å². The Hall–Kier alpha value is -4.32. The SMILES string of the molecule is CN(c1cccc(-c2ccc(OCc3ccccc3)nc2OCc2ccccc2)c1)C1CC(C(=O)O)C1. The fraction of sp³-hybridized carbons (Fsp3) is 0.226. The lowest BCUT2D eigenvalue weighted by Crippen LogP contribution is -2.45. The number of rotatable bonds is 10. The van der Waals surface area contributed by atoms with Gasteiger partial charge in [0.15, 0.2) is 0 Å². The number of benzene rings is 3. The van der Waals surface area contributed by atoms with Gasteiger partial charge >= 0.3 is 5.97 Å². The van der Waals surface area contributed by atoms with Crippen molar-refractivity contribution in [3.05, 3.63) is 108 Å². The van der Waals surface area contributed by atoms with Crippen molar-refractivity contribution in [2.45, 2.75) is 32.1 Å². The van der Waals surface area contributed by atoms with E-state index in [9.17, 15) is 9.90 Å². The number of carbonyl (C=O) groups is 1. The lowest BCUT2D eigenvalue weighted by molar-refractivity contribution is -0.145. The van der Waals surface area contributed by atoms with Crippen molar-refractivity contribution in [3.63, 3.8) is 0 Å². The van der Waals surface area contributed by atoms with E-state index in [1.165, 1.54) is 0 Å². The molecule has 0 radical (unpaired) electrons. The molecule has 0 atom stereocenters. The third-order valence-electron chi connectivity index (χ3n) is 6.86. The predicted octanol–water partition coefficient (Wildman–Crippen LogP) is 6.21. The van der Waals surface area contributed by atoms with Crippen LogP contribution in [0.1, 0.15) is 24.0 Å². The largest absolute Gasteiger partial charge is 0.481 e. The first-order chi connectivity index (χ1) is 18.1. The number of hydrogen-bond donors (Lipinski definition) is 1. The van der Waals surface area contributed by atoms with Gasteiger partial charge in [0, 0.05) is 30.4 Å². The second-order valence-corrected chi connectivity index (χ2v) is 9.37. The molecule has 0 aliphatic heterocycles. The Morgan fingerprint density at radius 1 is 0.865 bits per heavy atom. The van der Waals surface area contributed by atoms with Crippen molar-refractivity contribution in [2.75, 3.05) is 11.9 Å². The summed E-state index contributed by atoms with van der Waals surface area (Å²) in [5.74, 6) is 0.0439. The molecule has 1 aliphatic rings. The summed E-state index contributed by atoms with van der Waals surface area (Å²) in [5.41, 5.74) is 5.00. The Kier molecular flexibility index (Phi) is 7.36. The molecule has 0 unspecified atom stereocenters. The van der Waals surface area contributed by atoms with E-state index < -0.39 is 5.97 Å². The zero-order valence-corrected chi connectivity index (χ0v) is 20.8. The van der Waals surface area contributed by atoms with E-state index in [1.54, 1.807) is 0 Å². The molecule has 3 aromatic carbocycles. The first kappa shape index (κ1) is 24.4. The maximum Gasteiger partial charge on any atom is 0.306 e. The number of ether oxygens (including phenoxy) is 2. The molecule has 0 amide bonds. The van der Waals surface area contributed by atoms with Gasteiger partial charge in [0.2, 0.25) is 11.8 Å². The number of carboxylic acid groups (broad SMARTS) is 1. The molecule has 6 heteroatoms. The summed E-state index contributed by atoms with van der Waals surface area (Å²) in [4.78, 5) is 18.1. The Balaban J connectivity index is 1.38. The summed E-state index contributed by atoms with van der Waals surface area (Å²) in [5, 5.41) is 9.24. The molecular weight excluding hydrogens is 464 g/mol. The van der Waals surface area contributed by atoms with Crippen molar-refractivity contribution in [2.24, 2.45) is 5.92 Å². The highest BCUT2D eigenvalue weighted by Crippen LogP contribution is 2.37. The van der Waals surface area contributed by atoms with Crippen LogP contribution in [0.4, 0.5) is 5.69 Å². The topological polar surface area (TPSA) is 71.9 Å². The van der Waals surface area contributed by atoms with E-state index in [0.717, 1.165) is 27.9 Å². The Morgan fingerprint density at radius 2 is 1.51 bits per heavy atom. The highest BCUT2D eigenvalue weighted by molar-refractivity contribution is 5.74. The van der Waals surface area contributed by atoms with Gasteiger partial charge in [-0.15, -0.1) is 0 Å². The highest BCUT2D eigenvalue weighted by atomic mass is 16.5. The molecule has 1 saturated carbocycles. The predicted molar refractivity (Wildman–Crippen MR) is 144 cm³/mol. The smallest absolute Gasteiger partial charge is 0.306 e. The average molecular weight is 495 g/mol. The molecular formula is C31H30N2O4. The minimum Gasteiger partial charge on any atom is -0.481 e. The van der Waals surface area contributed by atoms with Gasteiger partial charge in [-0.05, 0) is 47.7 Å². The lowest BCUT2D eigenvalue weighted by atomic mass is 9.79. The lowest BCUT2D eigenvalue weighted by Gasteiger charge is -2.40. The summed E-state index contributed by atoms with van der Waals surface area (Å²) < 4.78 is 12.2. The Labute approximate surface area is 217 Å². The molecule has 0 spiro atoms. The first-order valence-electron chi connectivity index (χ1n) is 12.5. The van der Waals surface area contributed by atoms with Crippen LogP contribution in [0.2, 0.25) is 0 Å². The van der Waals surface area contributed by atoms with E-state index in [-0.39, 0.29) is 12.0 Å². The second kappa shape index (κ2) is 11.2. The van der Waals surface area contributed by atoms with Crippen LogP contribution >= 0.6 is 0 Å². The first-order valence-corrected chi connectivity index (χ1v) is 12.5. The fourth-order valence-electron chi connectivity index (χ4n) is 4.50. The van der Waals surface area contributed by atoms with Gasteiger partial charge < -0.3 is 19.5 Å². The molecule has 1 aromatic heterocycles. The maximum absolute atomic E-state index is 11.2. The van der Waals surface area contributed by atoms with E-state index in [2.05, 4.69) is 11.0 Å². The van der Waals surface area contributed by atoms with Crippen LogP contribution in [-0.2, 0) is 18.0 Å². The van der Waals surface area contributed by atoms with Gasteiger partial charge in [0.1, 0.15) is 13.2 Å². The quantitative estimate of drug-likeness (QED) is 0.283. The number of hydrogen-bond acceptors (Lipinski definition) is 5. The molecule has 6 nitrogen and oxygen atoms in total. The van der Waals surface area contributed by atoms with Crippen molar-refractivity contribution >= 4 is 11.7 Å². The summed E-state index contributed by atoms with van der Waals surface area (Å²) in [6.45, 7) is 0.811. The van der Waals surface area contributed by atoms with Crippen LogP contribution in [0.5, 0.6) is 11.8 Å². The number of anilines is 1. The molecule has 1 N–H and O–H groups in total. The molecule has 5 rings (SSSR count). The molecule has 0 saturated heterocycles. The Morgan fingerprint density at radius 3 is 2.16 bits per heavy atom. The standard InChI is InChI=1S/C31H30N2O4/c1-33(27-18-25(19-27)31(34)35)26-14-8-13-24(17-26)28-15-16-29(36-20-22-9-4-2-5-10-22)32-30(28)37-21-23-11-6-3-7-12-23/h2-17,25,27H,18-21H2,1H3,(H,34,35).